The lowest BCUT2D eigenvalue weighted by atomic mass is 10.1. The molecule has 9 heteroatoms. The highest BCUT2D eigenvalue weighted by Gasteiger charge is 2.29. The van der Waals surface area contributed by atoms with Crippen LogP contribution in [0.1, 0.15) is 35.6 Å². The second kappa shape index (κ2) is 7.29. The molecule has 0 radical (unpaired) electrons. The van der Waals surface area contributed by atoms with Crippen molar-refractivity contribution in [3.63, 3.8) is 0 Å². The smallest absolute Gasteiger partial charge is 0.326 e. The first-order valence-electron chi connectivity index (χ1n) is 7.74. The predicted octanol–water partition coefficient (Wildman–Crippen LogP) is 0.891. The Hall–Kier alpha value is -2.97. The monoisotopic (exact) mass is 348 g/mol. The molecular formula is C16H20N4O5. The minimum absolute atomic E-state index is 0.0546. The molecule has 9 nitrogen and oxygen atoms in total. The van der Waals surface area contributed by atoms with Crippen LogP contribution in [-0.4, -0.2) is 57.1 Å². The molecule has 2 N–H and O–H groups in total. The molecule has 0 bridgehead atoms. The van der Waals surface area contributed by atoms with Crippen molar-refractivity contribution in [3.05, 3.63) is 23.0 Å². The summed E-state index contributed by atoms with van der Waals surface area (Å²) in [7, 11) is 0. The van der Waals surface area contributed by atoms with Gasteiger partial charge in [-0.15, -0.1) is 0 Å². The van der Waals surface area contributed by atoms with Gasteiger partial charge < -0.3 is 19.8 Å². The first-order chi connectivity index (χ1) is 11.7. The maximum absolute atomic E-state index is 13.0. The van der Waals surface area contributed by atoms with Crippen molar-refractivity contribution in [1.29, 1.82) is 0 Å². The predicted molar refractivity (Wildman–Crippen MR) is 88.1 cm³/mol. The van der Waals surface area contributed by atoms with Crippen LogP contribution in [-0.2, 0) is 9.59 Å². The number of hydrogen-bond donors (Lipinski definition) is 2. The van der Waals surface area contributed by atoms with E-state index < -0.39 is 17.9 Å². The fraction of sp³-hybridized carbons (Fsp3) is 0.438. The molecule has 0 saturated carbocycles. The second-order valence-electron chi connectivity index (χ2n) is 5.76. The standard InChI is InChI=1S/C16H20N4O5/c1-8-7-12(13-9(2)19-25-14(13)18-8)15(22)20(10(3)16(23)24)6-5-17-11(4)21/h7,10H,5-6H2,1-4H3,(H,17,21)(H,23,24). The SMILES string of the molecule is CC(=O)NCCN(C(=O)c1cc(C)nc2onc(C)c12)C(C)C(=O)O. The van der Waals surface area contributed by atoms with Crippen LogP contribution in [0.15, 0.2) is 10.6 Å². The van der Waals surface area contributed by atoms with Gasteiger partial charge in [-0.05, 0) is 26.8 Å². The van der Waals surface area contributed by atoms with Crippen LogP contribution in [0.4, 0.5) is 0 Å². The molecule has 0 aliphatic heterocycles. The fourth-order valence-corrected chi connectivity index (χ4v) is 2.50. The Morgan fingerprint density at radius 3 is 2.64 bits per heavy atom. The third-order valence-corrected chi connectivity index (χ3v) is 3.79. The summed E-state index contributed by atoms with van der Waals surface area (Å²) in [5.74, 6) is -1.88. The van der Waals surface area contributed by atoms with Gasteiger partial charge in [0, 0.05) is 25.7 Å². The van der Waals surface area contributed by atoms with E-state index in [2.05, 4.69) is 15.5 Å². The highest BCUT2D eigenvalue weighted by molar-refractivity contribution is 6.07. The normalized spacial score (nSPS) is 12.0. The number of carbonyl (C=O) groups is 3. The minimum atomic E-state index is -1.14. The highest BCUT2D eigenvalue weighted by Crippen LogP contribution is 2.23. The van der Waals surface area contributed by atoms with Crippen LogP contribution in [0, 0.1) is 13.8 Å². The molecule has 25 heavy (non-hydrogen) atoms. The molecule has 2 heterocycles. The van der Waals surface area contributed by atoms with Gasteiger partial charge in [-0.25, -0.2) is 9.78 Å². The summed E-state index contributed by atoms with van der Waals surface area (Å²) < 4.78 is 5.12. The first-order valence-corrected chi connectivity index (χ1v) is 7.74. The van der Waals surface area contributed by atoms with E-state index in [-0.39, 0.29) is 30.3 Å². The quantitative estimate of drug-likeness (QED) is 0.794. The van der Waals surface area contributed by atoms with Crippen molar-refractivity contribution >= 4 is 28.9 Å². The van der Waals surface area contributed by atoms with Gasteiger partial charge in [0.15, 0.2) is 0 Å². The molecule has 0 fully saturated rings. The molecule has 1 unspecified atom stereocenters. The van der Waals surface area contributed by atoms with Crippen LogP contribution in [0.3, 0.4) is 0 Å². The average molecular weight is 348 g/mol. The number of aliphatic carboxylic acids is 1. The largest absolute Gasteiger partial charge is 0.480 e. The summed E-state index contributed by atoms with van der Waals surface area (Å²) in [4.78, 5) is 40.9. The van der Waals surface area contributed by atoms with Gasteiger partial charge in [-0.3, -0.25) is 9.59 Å². The van der Waals surface area contributed by atoms with Crippen LogP contribution in [0.5, 0.6) is 0 Å². The molecular weight excluding hydrogens is 328 g/mol. The van der Waals surface area contributed by atoms with Crippen LogP contribution in [0.2, 0.25) is 0 Å². The number of nitrogens with one attached hydrogen (secondary N) is 1. The van der Waals surface area contributed by atoms with E-state index in [1.807, 2.05) is 0 Å². The molecule has 0 aliphatic rings. The van der Waals surface area contributed by atoms with Gasteiger partial charge in [0.2, 0.25) is 5.91 Å². The minimum Gasteiger partial charge on any atom is -0.480 e. The molecule has 2 amide bonds. The van der Waals surface area contributed by atoms with Crippen LogP contribution in [0.25, 0.3) is 11.1 Å². The lowest BCUT2D eigenvalue weighted by Gasteiger charge is -2.27. The zero-order valence-electron chi connectivity index (χ0n) is 14.5. The zero-order valence-corrected chi connectivity index (χ0v) is 14.5. The Labute approximate surface area is 144 Å². The molecule has 0 aromatic carbocycles. The summed E-state index contributed by atoms with van der Waals surface area (Å²) in [6, 6.07) is 0.513. The second-order valence-corrected chi connectivity index (χ2v) is 5.76. The molecule has 2 aromatic heterocycles. The summed E-state index contributed by atoms with van der Waals surface area (Å²) in [6.45, 7) is 6.36. The highest BCUT2D eigenvalue weighted by atomic mass is 16.5. The number of carboxylic acid groups (broad SMARTS) is 1. The maximum Gasteiger partial charge on any atom is 0.326 e. The van der Waals surface area contributed by atoms with Crippen molar-refractivity contribution in [1.82, 2.24) is 20.4 Å². The molecule has 1 atom stereocenters. The number of rotatable bonds is 6. The Balaban J connectivity index is 2.43. The summed E-state index contributed by atoms with van der Waals surface area (Å²) in [6.07, 6.45) is 0. The zero-order chi connectivity index (χ0) is 18.7. The number of aromatic nitrogens is 2. The number of amides is 2. The number of fused-ring (bicyclic) bond motifs is 1. The summed E-state index contributed by atoms with van der Waals surface area (Å²) in [5.41, 5.74) is 1.55. The van der Waals surface area contributed by atoms with E-state index in [0.29, 0.717) is 16.8 Å². The van der Waals surface area contributed by atoms with Gasteiger partial charge in [0.1, 0.15) is 6.04 Å². The van der Waals surface area contributed by atoms with Gasteiger partial charge in [-0.1, -0.05) is 5.16 Å². The summed E-state index contributed by atoms with van der Waals surface area (Å²) in [5, 5.41) is 16.2. The number of aryl methyl sites for hydroxylation is 2. The van der Waals surface area contributed by atoms with Crippen molar-refractivity contribution in [2.24, 2.45) is 0 Å². The molecule has 2 rings (SSSR count). The molecule has 0 saturated heterocycles. The van der Waals surface area contributed by atoms with E-state index in [0.717, 1.165) is 0 Å². The van der Waals surface area contributed by atoms with E-state index in [1.165, 1.54) is 18.7 Å². The molecule has 0 spiro atoms. The molecule has 0 aliphatic carbocycles. The number of nitrogens with zero attached hydrogens (tertiary/aromatic N) is 3. The van der Waals surface area contributed by atoms with Crippen molar-refractivity contribution in [3.8, 4) is 0 Å². The maximum atomic E-state index is 13.0. The van der Waals surface area contributed by atoms with E-state index in [4.69, 9.17) is 4.52 Å². The molecule has 134 valence electrons. The van der Waals surface area contributed by atoms with Gasteiger partial charge in [0.25, 0.3) is 11.6 Å². The van der Waals surface area contributed by atoms with Gasteiger partial charge in [0.05, 0.1) is 16.6 Å². The van der Waals surface area contributed by atoms with Crippen molar-refractivity contribution in [2.45, 2.75) is 33.7 Å². The topological polar surface area (TPSA) is 126 Å². The van der Waals surface area contributed by atoms with E-state index >= 15 is 0 Å². The van der Waals surface area contributed by atoms with Gasteiger partial charge >= 0.3 is 5.97 Å². The van der Waals surface area contributed by atoms with E-state index in [1.54, 1.807) is 19.9 Å². The van der Waals surface area contributed by atoms with Gasteiger partial charge in [-0.2, -0.15) is 0 Å². The third kappa shape index (κ3) is 3.93. The Morgan fingerprint density at radius 2 is 2.04 bits per heavy atom. The molecule has 2 aromatic rings. The Kier molecular flexibility index (Phi) is 5.35. The third-order valence-electron chi connectivity index (χ3n) is 3.79. The Morgan fingerprint density at radius 1 is 1.36 bits per heavy atom. The first kappa shape index (κ1) is 18.4. The van der Waals surface area contributed by atoms with Crippen LogP contribution >= 0.6 is 0 Å². The number of pyridine rings is 1. The lowest BCUT2D eigenvalue weighted by Crippen LogP contribution is -2.46. The van der Waals surface area contributed by atoms with Crippen molar-refractivity contribution in [2.75, 3.05) is 13.1 Å². The van der Waals surface area contributed by atoms with E-state index in [9.17, 15) is 19.5 Å². The number of carboxylic acids is 1. The summed E-state index contributed by atoms with van der Waals surface area (Å²) >= 11 is 0. The number of carbonyl (C=O) groups excluding carboxylic acids is 2. The Bertz CT molecular complexity index is 829. The van der Waals surface area contributed by atoms with Crippen LogP contribution < -0.4 is 5.32 Å². The average Bonchev–Trinajstić information content (AvgIpc) is 2.90. The fourth-order valence-electron chi connectivity index (χ4n) is 2.50. The van der Waals surface area contributed by atoms with Crippen molar-refractivity contribution < 1.29 is 24.0 Å². The number of hydrogen-bond acceptors (Lipinski definition) is 6. The lowest BCUT2D eigenvalue weighted by molar-refractivity contribution is -0.141.